The number of halogens is 1. The maximum atomic E-state index is 11.5. The van der Waals surface area contributed by atoms with Crippen LogP contribution in [0.15, 0.2) is 12.2 Å². The number of rotatable bonds is 4. The van der Waals surface area contributed by atoms with Gasteiger partial charge in [-0.25, -0.2) is 0 Å². The lowest BCUT2D eigenvalue weighted by atomic mass is 9.77. The van der Waals surface area contributed by atoms with Gasteiger partial charge in [0.1, 0.15) is 11.2 Å². The Labute approximate surface area is 88.1 Å². The lowest BCUT2D eigenvalue weighted by Crippen LogP contribution is -2.34. The van der Waals surface area contributed by atoms with Gasteiger partial charge < -0.3 is 4.74 Å². The second kappa shape index (κ2) is 4.13. The van der Waals surface area contributed by atoms with Gasteiger partial charge >= 0.3 is 5.97 Å². The molecule has 0 aromatic carbocycles. The summed E-state index contributed by atoms with van der Waals surface area (Å²) >= 11 is 5.58. The van der Waals surface area contributed by atoms with Crippen molar-refractivity contribution in [3.8, 4) is 0 Å². The highest BCUT2D eigenvalue weighted by Crippen LogP contribution is 2.37. The first kappa shape index (κ1) is 11.2. The van der Waals surface area contributed by atoms with Crippen LogP contribution in [0.25, 0.3) is 0 Å². The minimum atomic E-state index is -1.01. The molecule has 1 rings (SSSR count). The summed E-state index contributed by atoms with van der Waals surface area (Å²) in [7, 11) is 0. The van der Waals surface area contributed by atoms with Gasteiger partial charge in [0, 0.05) is 12.3 Å². The number of hydrogen-bond acceptors (Lipinski definition) is 3. The molecule has 78 valence electrons. The van der Waals surface area contributed by atoms with Crippen molar-refractivity contribution in [1.82, 2.24) is 0 Å². The van der Waals surface area contributed by atoms with Gasteiger partial charge in [-0.2, -0.15) is 0 Å². The summed E-state index contributed by atoms with van der Waals surface area (Å²) in [5.41, 5.74) is -0.313. The maximum absolute atomic E-state index is 11.5. The second-order valence-electron chi connectivity index (χ2n) is 3.58. The zero-order chi connectivity index (χ0) is 10.8. The van der Waals surface area contributed by atoms with E-state index in [2.05, 4.69) is 6.58 Å². The molecule has 0 aliphatic carbocycles. The molecule has 1 saturated heterocycles. The molecule has 0 saturated carbocycles. The average Bonchev–Trinajstić information content (AvgIpc) is 2.49. The monoisotopic (exact) mass is 216 g/mol. The molecule has 0 bridgehead atoms. The van der Waals surface area contributed by atoms with Crippen LogP contribution in [-0.4, -0.2) is 24.2 Å². The van der Waals surface area contributed by atoms with Crippen molar-refractivity contribution in [3.05, 3.63) is 12.2 Å². The molecule has 0 aromatic heterocycles. The Kier molecular flexibility index (Phi) is 3.32. The first-order chi connectivity index (χ1) is 6.53. The Morgan fingerprint density at radius 3 is 2.71 bits per heavy atom. The summed E-state index contributed by atoms with van der Waals surface area (Å²) in [5.74, 6) is -0.329. The molecule has 14 heavy (non-hydrogen) atoms. The van der Waals surface area contributed by atoms with Crippen LogP contribution >= 0.6 is 11.6 Å². The Hall–Kier alpha value is -0.830. The number of alkyl halides is 1. The third kappa shape index (κ3) is 1.82. The van der Waals surface area contributed by atoms with Gasteiger partial charge in [0.2, 0.25) is 0 Å². The molecule has 1 atom stereocenters. The van der Waals surface area contributed by atoms with E-state index >= 15 is 0 Å². The van der Waals surface area contributed by atoms with Gasteiger partial charge in [0.05, 0.1) is 6.61 Å². The van der Waals surface area contributed by atoms with Crippen LogP contribution < -0.4 is 0 Å². The minimum Gasteiger partial charge on any atom is -0.465 e. The Bertz CT molecular complexity index is 285. The smallest absolute Gasteiger partial charge is 0.320 e. The van der Waals surface area contributed by atoms with Crippen molar-refractivity contribution in [2.24, 2.45) is 5.41 Å². The SMILES string of the molecule is C=C(CCl)CC1(C(C)=O)CCOC1=O. The molecule has 1 heterocycles. The standard InChI is InChI=1S/C10H13ClO3/c1-7(6-11)5-10(8(2)12)3-4-14-9(10)13/h1,3-6H2,2H3. The van der Waals surface area contributed by atoms with E-state index in [1.807, 2.05) is 0 Å². The van der Waals surface area contributed by atoms with Crippen LogP contribution in [0, 0.1) is 5.41 Å². The van der Waals surface area contributed by atoms with Crippen molar-refractivity contribution in [3.63, 3.8) is 0 Å². The molecule has 0 aromatic rings. The summed E-state index contributed by atoms with van der Waals surface area (Å²) in [6.07, 6.45) is 0.752. The molecular weight excluding hydrogens is 204 g/mol. The zero-order valence-electron chi connectivity index (χ0n) is 8.14. The Morgan fingerprint density at radius 1 is 1.71 bits per heavy atom. The summed E-state index contributed by atoms with van der Waals surface area (Å²) in [4.78, 5) is 22.9. The normalized spacial score (nSPS) is 26.0. The molecule has 1 aliphatic rings. The number of hydrogen-bond donors (Lipinski definition) is 0. The summed E-state index contributed by atoms with van der Waals surface area (Å²) in [6, 6.07) is 0. The highest BCUT2D eigenvalue weighted by Gasteiger charge is 2.48. The minimum absolute atomic E-state index is 0.161. The van der Waals surface area contributed by atoms with Gasteiger partial charge in [-0.15, -0.1) is 11.6 Å². The van der Waals surface area contributed by atoms with Crippen molar-refractivity contribution < 1.29 is 14.3 Å². The van der Waals surface area contributed by atoms with E-state index in [0.29, 0.717) is 25.0 Å². The summed E-state index contributed by atoms with van der Waals surface area (Å²) < 4.78 is 4.83. The molecule has 0 amide bonds. The third-order valence-corrected chi connectivity index (χ3v) is 2.95. The lowest BCUT2D eigenvalue weighted by molar-refractivity contribution is -0.150. The molecule has 0 radical (unpaired) electrons. The number of ether oxygens (including phenoxy) is 1. The largest absolute Gasteiger partial charge is 0.465 e. The fourth-order valence-electron chi connectivity index (χ4n) is 1.64. The van der Waals surface area contributed by atoms with Crippen molar-refractivity contribution in [2.75, 3.05) is 12.5 Å². The van der Waals surface area contributed by atoms with E-state index in [9.17, 15) is 9.59 Å². The molecule has 1 aliphatic heterocycles. The van der Waals surface area contributed by atoms with Gasteiger partial charge in [-0.3, -0.25) is 9.59 Å². The number of ketones is 1. The topological polar surface area (TPSA) is 43.4 Å². The van der Waals surface area contributed by atoms with Gasteiger partial charge in [0.15, 0.2) is 0 Å². The molecule has 1 fully saturated rings. The molecule has 1 unspecified atom stereocenters. The number of esters is 1. The van der Waals surface area contributed by atoms with Crippen LogP contribution in [0.4, 0.5) is 0 Å². The second-order valence-corrected chi connectivity index (χ2v) is 3.85. The number of Topliss-reactive ketones (excluding diaryl/α,β-unsaturated/α-hetero) is 1. The van der Waals surface area contributed by atoms with E-state index < -0.39 is 11.4 Å². The van der Waals surface area contributed by atoms with Crippen LogP contribution in [-0.2, 0) is 14.3 Å². The predicted octanol–water partition coefficient (Wildman–Crippen LogP) is 1.69. The Morgan fingerprint density at radius 2 is 2.36 bits per heavy atom. The van der Waals surface area contributed by atoms with Crippen molar-refractivity contribution in [2.45, 2.75) is 19.8 Å². The number of cyclic esters (lactones) is 1. The molecule has 0 spiro atoms. The van der Waals surface area contributed by atoms with E-state index in [1.54, 1.807) is 0 Å². The van der Waals surface area contributed by atoms with Gasteiger partial charge in [0.25, 0.3) is 0 Å². The third-order valence-electron chi connectivity index (χ3n) is 2.57. The molecular formula is C10H13ClO3. The highest BCUT2D eigenvalue weighted by molar-refractivity contribution is 6.19. The van der Waals surface area contributed by atoms with E-state index in [1.165, 1.54) is 6.92 Å². The van der Waals surface area contributed by atoms with Crippen LogP contribution in [0.5, 0.6) is 0 Å². The number of carbonyl (C=O) groups is 2. The van der Waals surface area contributed by atoms with Crippen molar-refractivity contribution >= 4 is 23.4 Å². The molecule has 3 nitrogen and oxygen atoms in total. The van der Waals surface area contributed by atoms with E-state index in [0.717, 1.165) is 0 Å². The van der Waals surface area contributed by atoms with Crippen LogP contribution in [0.2, 0.25) is 0 Å². The van der Waals surface area contributed by atoms with E-state index in [4.69, 9.17) is 16.3 Å². The predicted molar refractivity (Wildman–Crippen MR) is 53.2 cm³/mol. The first-order valence-electron chi connectivity index (χ1n) is 4.44. The fourth-order valence-corrected chi connectivity index (χ4v) is 1.73. The van der Waals surface area contributed by atoms with Gasteiger partial charge in [-0.05, 0) is 13.3 Å². The summed E-state index contributed by atoms with van der Waals surface area (Å²) in [6.45, 7) is 5.43. The lowest BCUT2D eigenvalue weighted by Gasteiger charge is -2.21. The average molecular weight is 217 g/mol. The summed E-state index contributed by atoms with van der Waals surface area (Å²) in [5, 5.41) is 0. The number of allylic oxidation sites excluding steroid dienone is 1. The van der Waals surface area contributed by atoms with E-state index in [-0.39, 0.29) is 11.7 Å². The quantitative estimate of drug-likeness (QED) is 0.311. The molecule has 4 heteroatoms. The van der Waals surface area contributed by atoms with Crippen LogP contribution in [0.1, 0.15) is 19.8 Å². The fraction of sp³-hybridized carbons (Fsp3) is 0.600. The van der Waals surface area contributed by atoms with Gasteiger partial charge in [-0.1, -0.05) is 12.2 Å². The molecule has 0 N–H and O–H groups in total. The highest BCUT2D eigenvalue weighted by atomic mass is 35.5. The Balaban J connectivity index is 2.88. The van der Waals surface area contributed by atoms with Crippen molar-refractivity contribution in [1.29, 1.82) is 0 Å². The zero-order valence-corrected chi connectivity index (χ0v) is 8.89. The number of carbonyl (C=O) groups excluding carboxylic acids is 2. The maximum Gasteiger partial charge on any atom is 0.320 e. The first-order valence-corrected chi connectivity index (χ1v) is 4.97. The van der Waals surface area contributed by atoms with Crippen LogP contribution in [0.3, 0.4) is 0 Å².